The van der Waals surface area contributed by atoms with Crippen LogP contribution in [0.5, 0.6) is 0 Å². The first-order chi connectivity index (χ1) is 9.43. The Hall–Kier alpha value is -2.08. The predicted molar refractivity (Wildman–Crippen MR) is 73.9 cm³/mol. The number of nitrogens with one attached hydrogen (secondary N) is 1. The molecule has 0 bridgehead atoms. The van der Waals surface area contributed by atoms with Crippen molar-refractivity contribution in [3.63, 3.8) is 0 Å². The molecule has 0 fully saturated rings. The lowest BCUT2D eigenvalue weighted by atomic mass is 10.1. The van der Waals surface area contributed by atoms with Gasteiger partial charge in [0.25, 0.3) is 0 Å². The van der Waals surface area contributed by atoms with Crippen LogP contribution in [-0.2, 0) is 20.9 Å². The number of carbonyl (C=O) groups is 3. The van der Waals surface area contributed by atoms with E-state index in [2.05, 4.69) is 5.32 Å². The molecule has 0 aromatic heterocycles. The second-order valence-electron chi connectivity index (χ2n) is 4.52. The first-order valence-corrected chi connectivity index (χ1v) is 6.51. The van der Waals surface area contributed by atoms with Crippen LogP contribution in [0.25, 0.3) is 0 Å². The van der Waals surface area contributed by atoms with Crippen molar-refractivity contribution >= 4 is 35.0 Å². The molecule has 7 heteroatoms. The van der Waals surface area contributed by atoms with Crippen LogP contribution in [0.1, 0.15) is 18.9 Å². The summed E-state index contributed by atoms with van der Waals surface area (Å²) in [7, 11) is 0. The van der Waals surface area contributed by atoms with E-state index < -0.39 is 23.8 Å². The van der Waals surface area contributed by atoms with Gasteiger partial charge < -0.3 is 16.0 Å². The molecule has 2 rings (SSSR count). The number of nitrogens with two attached hydrogens (primary N) is 1. The van der Waals surface area contributed by atoms with Gasteiger partial charge in [0.1, 0.15) is 6.04 Å². The van der Waals surface area contributed by atoms with E-state index in [0.717, 1.165) is 0 Å². The number of hydrogen-bond donors (Lipinski definition) is 2. The van der Waals surface area contributed by atoms with Gasteiger partial charge in [-0.05, 0) is 30.2 Å². The zero-order chi connectivity index (χ0) is 14.9. The highest BCUT2D eigenvalue weighted by atomic mass is 35.5. The molecule has 20 heavy (non-hydrogen) atoms. The summed E-state index contributed by atoms with van der Waals surface area (Å²) in [5, 5.41) is 2.99. The summed E-state index contributed by atoms with van der Waals surface area (Å²) in [5.74, 6) is -2.20. The fourth-order valence-corrected chi connectivity index (χ4v) is 2.40. The number of benzene rings is 1. The number of carbonyl (C=O) groups excluding carboxylic acids is 3. The minimum Gasteiger partial charge on any atom is -0.368 e. The second kappa shape index (κ2) is 5.50. The maximum Gasteiger partial charge on any atom is 0.313 e. The molecule has 1 heterocycles. The van der Waals surface area contributed by atoms with Crippen LogP contribution in [0.2, 0.25) is 5.02 Å². The van der Waals surface area contributed by atoms with E-state index in [-0.39, 0.29) is 6.54 Å². The lowest BCUT2D eigenvalue weighted by molar-refractivity contribution is -0.147. The van der Waals surface area contributed by atoms with Crippen LogP contribution in [0, 0.1) is 0 Å². The second-order valence-corrected chi connectivity index (χ2v) is 4.95. The molecular formula is C13H14ClN3O3. The van der Waals surface area contributed by atoms with Gasteiger partial charge in [0.05, 0.1) is 0 Å². The van der Waals surface area contributed by atoms with Crippen molar-refractivity contribution in [3.05, 3.63) is 28.8 Å². The van der Waals surface area contributed by atoms with Gasteiger partial charge in [-0.2, -0.15) is 0 Å². The smallest absolute Gasteiger partial charge is 0.313 e. The maximum atomic E-state index is 12.1. The highest BCUT2D eigenvalue weighted by molar-refractivity contribution is 6.40. The molecule has 0 saturated heterocycles. The zero-order valence-corrected chi connectivity index (χ0v) is 11.6. The molecule has 3 N–H and O–H groups in total. The first kappa shape index (κ1) is 14.3. The monoisotopic (exact) mass is 295 g/mol. The van der Waals surface area contributed by atoms with Crippen LogP contribution in [0.3, 0.4) is 0 Å². The molecular weight excluding hydrogens is 282 g/mol. The molecule has 1 aromatic carbocycles. The fourth-order valence-electron chi connectivity index (χ4n) is 2.20. The average molecular weight is 296 g/mol. The third kappa shape index (κ3) is 2.60. The van der Waals surface area contributed by atoms with Crippen LogP contribution in [0.15, 0.2) is 18.2 Å². The van der Waals surface area contributed by atoms with E-state index in [1.165, 1.54) is 4.90 Å². The van der Waals surface area contributed by atoms with E-state index in [9.17, 15) is 14.4 Å². The van der Waals surface area contributed by atoms with Crippen LogP contribution < -0.4 is 11.1 Å². The number of amides is 3. The molecule has 0 aliphatic carbocycles. The predicted octanol–water partition coefficient (Wildman–Crippen LogP) is 0.885. The third-order valence-corrected chi connectivity index (χ3v) is 3.44. The Labute approximate surface area is 120 Å². The number of nitrogens with zero attached hydrogens (tertiary/aromatic N) is 1. The lowest BCUT2D eigenvalue weighted by Crippen LogP contribution is -2.49. The topological polar surface area (TPSA) is 92.5 Å². The number of halogens is 1. The van der Waals surface area contributed by atoms with Crippen molar-refractivity contribution in [2.45, 2.75) is 25.9 Å². The van der Waals surface area contributed by atoms with E-state index in [4.69, 9.17) is 17.3 Å². The Morgan fingerprint density at radius 3 is 2.80 bits per heavy atom. The fraction of sp³-hybridized carbons (Fsp3) is 0.308. The molecule has 106 valence electrons. The minimum atomic E-state index is -0.821. The summed E-state index contributed by atoms with van der Waals surface area (Å²) in [5.41, 5.74) is 6.47. The normalized spacial score (nSPS) is 16.2. The molecule has 1 aromatic rings. The van der Waals surface area contributed by atoms with E-state index in [1.807, 2.05) is 0 Å². The Kier molecular flexibility index (Phi) is 3.94. The molecule has 1 atom stereocenters. The van der Waals surface area contributed by atoms with Gasteiger partial charge >= 0.3 is 11.8 Å². The van der Waals surface area contributed by atoms with Crippen LogP contribution in [-0.4, -0.2) is 28.7 Å². The molecule has 0 unspecified atom stereocenters. The van der Waals surface area contributed by atoms with Gasteiger partial charge in [-0.3, -0.25) is 14.4 Å². The average Bonchev–Trinajstić information content (AvgIpc) is 2.50. The molecule has 1 aliphatic rings. The number of rotatable bonds is 3. The highest BCUT2D eigenvalue weighted by Gasteiger charge is 2.34. The SMILES string of the molecule is CC[C@@H](C(N)=O)N1Cc2cc(Cl)ccc2NC(=O)C1=O. The Balaban J connectivity index is 2.45. The van der Waals surface area contributed by atoms with Crippen LogP contribution >= 0.6 is 11.6 Å². The molecule has 0 spiro atoms. The standard InChI is InChI=1S/C13H14ClN3O3/c1-2-10(11(15)18)17-6-7-5-8(14)3-4-9(7)16-12(19)13(17)20/h3-5,10H,2,6H2,1H3,(H2,15,18)(H,16,19)/t10-/m0/s1. The maximum absolute atomic E-state index is 12.1. The third-order valence-electron chi connectivity index (χ3n) is 3.20. The summed E-state index contributed by atoms with van der Waals surface area (Å²) in [6.07, 6.45) is 0.338. The zero-order valence-electron chi connectivity index (χ0n) is 10.9. The van der Waals surface area contributed by atoms with Crippen molar-refractivity contribution < 1.29 is 14.4 Å². The van der Waals surface area contributed by atoms with Gasteiger partial charge in [0.15, 0.2) is 0 Å². The van der Waals surface area contributed by atoms with Crippen molar-refractivity contribution in [2.24, 2.45) is 5.73 Å². The minimum absolute atomic E-state index is 0.106. The number of fused-ring (bicyclic) bond motifs is 1. The quantitative estimate of drug-likeness (QED) is 0.811. The van der Waals surface area contributed by atoms with Gasteiger partial charge in [0, 0.05) is 17.3 Å². The molecule has 1 aliphatic heterocycles. The number of hydrogen-bond acceptors (Lipinski definition) is 3. The van der Waals surface area contributed by atoms with Crippen molar-refractivity contribution in [2.75, 3.05) is 5.32 Å². The summed E-state index contributed by atoms with van der Waals surface area (Å²) in [6, 6.07) is 4.07. The van der Waals surface area contributed by atoms with E-state index in [1.54, 1.807) is 25.1 Å². The summed E-state index contributed by atoms with van der Waals surface area (Å²) in [6.45, 7) is 1.83. The molecule has 6 nitrogen and oxygen atoms in total. The van der Waals surface area contributed by atoms with E-state index >= 15 is 0 Å². The largest absolute Gasteiger partial charge is 0.368 e. The van der Waals surface area contributed by atoms with Crippen molar-refractivity contribution in [3.8, 4) is 0 Å². The molecule has 0 saturated carbocycles. The van der Waals surface area contributed by atoms with Gasteiger partial charge in [0.2, 0.25) is 5.91 Å². The highest BCUT2D eigenvalue weighted by Crippen LogP contribution is 2.26. The van der Waals surface area contributed by atoms with Gasteiger partial charge in [-0.15, -0.1) is 0 Å². The Morgan fingerprint density at radius 1 is 1.50 bits per heavy atom. The van der Waals surface area contributed by atoms with Crippen molar-refractivity contribution in [1.82, 2.24) is 4.90 Å². The van der Waals surface area contributed by atoms with Gasteiger partial charge in [-0.25, -0.2) is 0 Å². The van der Waals surface area contributed by atoms with E-state index in [0.29, 0.717) is 22.7 Å². The van der Waals surface area contributed by atoms with Crippen LogP contribution in [0.4, 0.5) is 5.69 Å². The summed E-state index contributed by atoms with van der Waals surface area (Å²) >= 11 is 5.92. The lowest BCUT2D eigenvalue weighted by Gasteiger charge is -2.26. The van der Waals surface area contributed by atoms with Gasteiger partial charge in [-0.1, -0.05) is 18.5 Å². The van der Waals surface area contributed by atoms with Crippen molar-refractivity contribution in [1.29, 1.82) is 0 Å². The Bertz CT molecular complexity index is 588. The molecule has 3 amide bonds. The summed E-state index contributed by atoms with van der Waals surface area (Å²) < 4.78 is 0. The number of primary amides is 1. The number of anilines is 1. The Morgan fingerprint density at radius 2 is 2.20 bits per heavy atom. The molecule has 0 radical (unpaired) electrons. The first-order valence-electron chi connectivity index (χ1n) is 6.13. The summed E-state index contributed by atoms with van der Waals surface area (Å²) in [4.78, 5) is 36.5.